The maximum atomic E-state index is 12.2. The van der Waals surface area contributed by atoms with E-state index in [4.69, 9.17) is 0 Å². The Labute approximate surface area is 127 Å². The number of aromatic nitrogens is 2. The van der Waals surface area contributed by atoms with E-state index >= 15 is 0 Å². The fourth-order valence-corrected chi connectivity index (χ4v) is 2.96. The third-order valence-corrected chi connectivity index (χ3v) is 4.29. The molecule has 8 heteroatoms. The van der Waals surface area contributed by atoms with Crippen molar-refractivity contribution in [1.82, 2.24) is 19.9 Å². The van der Waals surface area contributed by atoms with Gasteiger partial charge in [-0.2, -0.15) is 5.10 Å². The van der Waals surface area contributed by atoms with Gasteiger partial charge in [0.1, 0.15) is 17.6 Å². The molecular weight excluding hydrogens is 286 g/mol. The van der Waals surface area contributed by atoms with Crippen LogP contribution in [0.1, 0.15) is 31.2 Å². The fourth-order valence-electron chi connectivity index (χ4n) is 2.96. The molecule has 1 saturated heterocycles. The van der Waals surface area contributed by atoms with E-state index in [0.717, 1.165) is 0 Å². The standard InChI is InChI=1S/C14H19N5O3/c1-18-7-4-15-13(18)12(21)9-2-5-19(6-3-9)14(22)10-8-11(20)17-16-10/h4,7,9,12,21H,2-3,5-6,8H2,1H3,(H,17,20). The summed E-state index contributed by atoms with van der Waals surface area (Å²) in [7, 11) is 1.85. The van der Waals surface area contributed by atoms with Crippen molar-refractivity contribution in [3.8, 4) is 0 Å². The van der Waals surface area contributed by atoms with Gasteiger partial charge in [0, 0.05) is 32.5 Å². The fraction of sp³-hybridized carbons (Fsp3) is 0.571. The highest BCUT2D eigenvalue weighted by molar-refractivity contribution is 6.43. The van der Waals surface area contributed by atoms with E-state index in [1.807, 2.05) is 11.6 Å². The first-order valence-corrected chi connectivity index (χ1v) is 7.36. The van der Waals surface area contributed by atoms with Gasteiger partial charge in [-0.3, -0.25) is 9.59 Å². The van der Waals surface area contributed by atoms with Crippen LogP contribution >= 0.6 is 0 Å². The van der Waals surface area contributed by atoms with Crippen molar-refractivity contribution in [3.05, 3.63) is 18.2 Å². The molecule has 1 aromatic heterocycles. The zero-order valence-corrected chi connectivity index (χ0v) is 12.4. The lowest BCUT2D eigenvalue weighted by Gasteiger charge is -2.33. The number of piperidine rings is 1. The van der Waals surface area contributed by atoms with Gasteiger partial charge in [-0.25, -0.2) is 10.4 Å². The van der Waals surface area contributed by atoms with E-state index in [1.54, 1.807) is 17.3 Å². The maximum absolute atomic E-state index is 12.2. The Morgan fingerprint density at radius 3 is 2.73 bits per heavy atom. The number of nitrogens with one attached hydrogen (secondary N) is 1. The van der Waals surface area contributed by atoms with E-state index in [1.165, 1.54) is 0 Å². The zero-order chi connectivity index (χ0) is 15.7. The van der Waals surface area contributed by atoms with Crippen molar-refractivity contribution in [2.45, 2.75) is 25.4 Å². The summed E-state index contributed by atoms with van der Waals surface area (Å²) in [5.41, 5.74) is 2.56. The summed E-state index contributed by atoms with van der Waals surface area (Å²) in [4.78, 5) is 29.2. The van der Waals surface area contributed by atoms with Crippen LogP contribution in [0, 0.1) is 5.92 Å². The Bertz CT molecular complexity index is 616. The Hall–Kier alpha value is -2.22. The summed E-state index contributed by atoms with van der Waals surface area (Å²) < 4.78 is 1.81. The minimum absolute atomic E-state index is 0.0503. The molecule has 0 spiro atoms. The van der Waals surface area contributed by atoms with Crippen LogP contribution in [0.3, 0.4) is 0 Å². The highest BCUT2D eigenvalue weighted by Crippen LogP contribution is 2.29. The van der Waals surface area contributed by atoms with Crippen LogP contribution in [0.15, 0.2) is 17.5 Å². The number of aliphatic hydroxyl groups excluding tert-OH is 1. The number of hydrazone groups is 1. The normalized spacial score (nSPS) is 20.7. The predicted octanol–water partition coefficient (Wildman–Crippen LogP) is -0.432. The van der Waals surface area contributed by atoms with Crippen LogP contribution in [0.2, 0.25) is 0 Å². The minimum Gasteiger partial charge on any atom is -0.385 e. The van der Waals surface area contributed by atoms with Gasteiger partial charge in [0.2, 0.25) is 5.91 Å². The molecule has 1 unspecified atom stereocenters. The number of carbonyl (C=O) groups excluding carboxylic acids is 2. The average Bonchev–Trinajstić information content (AvgIpc) is 3.14. The van der Waals surface area contributed by atoms with Crippen molar-refractivity contribution in [2.75, 3.05) is 13.1 Å². The molecule has 0 aliphatic carbocycles. The Kier molecular flexibility index (Phi) is 3.93. The first-order chi connectivity index (χ1) is 10.6. The number of nitrogens with zero attached hydrogens (tertiary/aromatic N) is 4. The second-order valence-electron chi connectivity index (χ2n) is 5.74. The second-order valence-corrected chi connectivity index (χ2v) is 5.74. The largest absolute Gasteiger partial charge is 0.385 e. The van der Waals surface area contributed by atoms with Crippen molar-refractivity contribution in [2.24, 2.45) is 18.1 Å². The van der Waals surface area contributed by atoms with E-state index < -0.39 is 6.10 Å². The lowest BCUT2D eigenvalue weighted by atomic mass is 9.90. The number of carbonyl (C=O) groups is 2. The number of hydrogen-bond donors (Lipinski definition) is 2. The van der Waals surface area contributed by atoms with Crippen molar-refractivity contribution < 1.29 is 14.7 Å². The highest BCUT2D eigenvalue weighted by atomic mass is 16.3. The summed E-state index contributed by atoms with van der Waals surface area (Å²) >= 11 is 0. The molecule has 0 aromatic carbocycles. The molecule has 1 fully saturated rings. The molecule has 0 bridgehead atoms. The molecule has 3 heterocycles. The van der Waals surface area contributed by atoms with E-state index in [2.05, 4.69) is 15.5 Å². The Balaban J connectivity index is 1.57. The van der Waals surface area contributed by atoms with Crippen molar-refractivity contribution in [1.29, 1.82) is 0 Å². The van der Waals surface area contributed by atoms with E-state index in [9.17, 15) is 14.7 Å². The number of amides is 2. The first kappa shape index (κ1) is 14.7. The summed E-state index contributed by atoms with van der Waals surface area (Å²) in [6.07, 6.45) is 4.31. The molecule has 1 atom stereocenters. The molecule has 22 heavy (non-hydrogen) atoms. The summed E-state index contributed by atoms with van der Waals surface area (Å²) in [5.74, 6) is 0.293. The number of likely N-dealkylation sites (tertiary alicyclic amines) is 1. The zero-order valence-electron chi connectivity index (χ0n) is 12.4. The smallest absolute Gasteiger partial charge is 0.270 e. The van der Waals surface area contributed by atoms with Gasteiger partial charge in [0.25, 0.3) is 5.91 Å². The molecule has 0 saturated carbocycles. The number of hydrogen-bond acceptors (Lipinski definition) is 5. The van der Waals surface area contributed by atoms with Crippen LogP contribution in [0.4, 0.5) is 0 Å². The summed E-state index contributed by atoms with van der Waals surface area (Å²) in [6, 6.07) is 0. The molecule has 1 aromatic rings. The molecule has 2 N–H and O–H groups in total. The van der Waals surface area contributed by atoms with Crippen molar-refractivity contribution >= 4 is 17.5 Å². The molecule has 118 valence electrons. The number of aryl methyl sites for hydroxylation is 1. The maximum Gasteiger partial charge on any atom is 0.270 e. The van der Waals surface area contributed by atoms with Crippen LogP contribution in [0.25, 0.3) is 0 Å². The molecule has 3 rings (SSSR count). The van der Waals surface area contributed by atoms with Crippen molar-refractivity contribution in [3.63, 3.8) is 0 Å². The third kappa shape index (κ3) is 2.74. The number of aliphatic hydroxyl groups is 1. The SMILES string of the molecule is Cn1ccnc1C(O)C1CCN(C(=O)C2=NNC(=O)C2)CC1. The van der Waals surface area contributed by atoms with Crippen LogP contribution in [-0.4, -0.2) is 50.2 Å². The average molecular weight is 305 g/mol. The van der Waals surface area contributed by atoms with E-state index in [0.29, 0.717) is 31.8 Å². The van der Waals surface area contributed by atoms with Gasteiger partial charge < -0.3 is 14.6 Å². The Morgan fingerprint density at radius 1 is 1.45 bits per heavy atom. The molecule has 8 nitrogen and oxygen atoms in total. The summed E-state index contributed by atoms with van der Waals surface area (Å²) in [6.45, 7) is 1.11. The topological polar surface area (TPSA) is 99.8 Å². The highest BCUT2D eigenvalue weighted by Gasteiger charge is 2.32. The Morgan fingerprint density at radius 2 is 2.18 bits per heavy atom. The van der Waals surface area contributed by atoms with Crippen LogP contribution in [-0.2, 0) is 16.6 Å². The first-order valence-electron chi connectivity index (χ1n) is 7.36. The lowest BCUT2D eigenvalue weighted by Crippen LogP contribution is -2.43. The van der Waals surface area contributed by atoms with Gasteiger partial charge in [0.15, 0.2) is 0 Å². The monoisotopic (exact) mass is 305 g/mol. The van der Waals surface area contributed by atoms with Gasteiger partial charge in [0.05, 0.1) is 6.42 Å². The summed E-state index contributed by atoms with van der Waals surface area (Å²) in [5, 5.41) is 14.2. The molecule has 0 radical (unpaired) electrons. The molecule has 2 amide bonds. The van der Waals surface area contributed by atoms with Gasteiger partial charge >= 0.3 is 0 Å². The third-order valence-electron chi connectivity index (χ3n) is 4.29. The number of imidazole rings is 1. The molecule has 2 aliphatic heterocycles. The second kappa shape index (κ2) is 5.88. The number of rotatable bonds is 3. The predicted molar refractivity (Wildman–Crippen MR) is 77.7 cm³/mol. The molecule has 2 aliphatic rings. The lowest BCUT2D eigenvalue weighted by molar-refractivity contribution is -0.126. The molecular formula is C14H19N5O3. The van der Waals surface area contributed by atoms with Gasteiger partial charge in [-0.15, -0.1) is 0 Å². The van der Waals surface area contributed by atoms with Crippen LogP contribution < -0.4 is 5.43 Å². The van der Waals surface area contributed by atoms with E-state index in [-0.39, 0.29) is 29.9 Å². The van der Waals surface area contributed by atoms with Gasteiger partial charge in [-0.1, -0.05) is 0 Å². The minimum atomic E-state index is -0.621. The van der Waals surface area contributed by atoms with Crippen LogP contribution in [0.5, 0.6) is 0 Å². The van der Waals surface area contributed by atoms with Gasteiger partial charge in [-0.05, 0) is 18.8 Å². The quantitative estimate of drug-likeness (QED) is 0.791.